The minimum Gasteiger partial charge on any atom is -0.367 e. The number of aryl methyl sites for hydroxylation is 1. The summed E-state index contributed by atoms with van der Waals surface area (Å²) in [5.41, 5.74) is 7.81. The quantitative estimate of drug-likeness (QED) is 0.296. The monoisotopic (exact) mass is 464 g/mol. The molecule has 4 aromatic carbocycles. The highest BCUT2D eigenvalue weighted by Gasteiger charge is 2.18. The van der Waals surface area contributed by atoms with Gasteiger partial charge in [0.05, 0.1) is 0 Å². The van der Waals surface area contributed by atoms with Gasteiger partial charge in [0.2, 0.25) is 0 Å². The molecule has 0 atom stereocenters. The molecule has 1 N–H and O–H groups in total. The Hall–Kier alpha value is -3.50. The number of nitrogens with zero attached hydrogens (tertiary/aromatic N) is 1. The van der Waals surface area contributed by atoms with Gasteiger partial charge in [0.15, 0.2) is 0 Å². The Morgan fingerprint density at radius 2 is 1.62 bits per heavy atom. The molecule has 0 bridgehead atoms. The first-order valence-electron chi connectivity index (χ1n) is 11.7. The van der Waals surface area contributed by atoms with Crippen LogP contribution in [0.3, 0.4) is 0 Å². The number of carbonyl (C=O) groups is 1. The Balaban J connectivity index is 1.19. The molecule has 4 aromatic rings. The van der Waals surface area contributed by atoms with E-state index in [1.807, 2.05) is 43.0 Å². The number of rotatable bonds is 7. The molecule has 0 saturated heterocycles. The lowest BCUT2D eigenvalue weighted by Gasteiger charge is -2.19. The van der Waals surface area contributed by atoms with Crippen LogP contribution >= 0.6 is 11.8 Å². The standard InChI is InChI=1S/C30H28N2OS/c1-22-19-24(21-34-27-8-3-2-4-9-27)13-16-28(22)31-30(33)26-14-11-23(12-15-26)20-32-18-17-25-7-5-6-10-29(25)32/h2-16,19H,17-18,20-21H2,1H3,(H,31,33). The molecule has 0 saturated carbocycles. The third-order valence-corrected chi connectivity index (χ3v) is 7.34. The van der Waals surface area contributed by atoms with E-state index in [9.17, 15) is 4.79 Å². The van der Waals surface area contributed by atoms with E-state index in [4.69, 9.17) is 0 Å². The van der Waals surface area contributed by atoms with Crippen molar-refractivity contribution in [3.8, 4) is 0 Å². The van der Waals surface area contributed by atoms with E-state index in [1.54, 1.807) is 0 Å². The molecule has 3 nitrogen and oxygen atoms in total. The summed E-state index contributed by atoms with van der Waals surface area (Å²) in [7, 11) is 0. The lowest BCUT2D eigenvalue weighted by atomic mass is 10.1. The highest BCUT2D eigenvalue weighted by molar-refractivity contribution is 7.98. The molecule has 34 heavy (non-hydrogen) atoms. The topological polar surface area (TPSA) is 32.3 Å². The van der Waals surface area contributed by atoms with Gasteiger partial charge in [-0.2, -0.15) is 0 Å². The van der Waals surface area contributed by atoms with Gasteiger partial charge in [0.25, 0.3) is 5.91 Å². The van der Waals surface area contributed by atoms with Crippen LogP contribution in [0.5, 0.6) is 0 Å². The zero-order valence-electron chi connectivity index (χ0n) is 19.3. The first-order chi connectivity index (χ1) is 16.7. The lowest BCUT2D eigenvalue weighted by molar-refractivity contribution is 0.102. The second-order valence-corrected chi connectivity index (χ2v) is 9.75. The number of para-hydroxylation sites is 1. The van der Waals surface area contributed by atoms with Crippen molar-refractivity contribution in [1.82, 2.24) is 0 Å². The predicted octanol–water partition coefficient (Wildman–Crippen LogP) is 7.10. The lowest BCUT2D eigenvalue weighted by Crippen LogP contribution is -2.19. The molecule has 170 valence electrons. The van der Waals surface area contributed by atoms with Gasteiger partial charge in [-0.1, -0.05) is 60.7 Å². The highest BCUT2D eigenvalue weighted by atomic mass is 32.2. The van der Waals surface area contributed by atoms with E-state index in [0.717, 1.165) is 36.5 Å². The van der Waals surface area contributed by atoms with Crippen molar-refractivity contribution in [3.63, 3.8) is 0 Å². The highest BCUT2D eigenvalue weighted by Crippen LogP contribution is 2.29. The molecule has 0 aliphatic carbocycles. The van der Waals surface area contributed by atoms with Crippen molar-refractivity contribution in [2.75, 3.05) is 16.8 Å². The van der Waals surface area contributed by atoms with Crippen LogP contribution in [0.2, 0.25) is 0 Å². The second-order valence-electron chi connectivity index (χ2n) is 8.70. The van der Waals surface area contributed by atoms with Crippen LogP contribution in [0.1, 0.15) is 32.6 Å². The van der Waals surface area contributed by atoms with E-state index in [1.165, 1.54) is 27.3 Å². The molecular weight excluding hydrogens is 436 g/mol. The summed E-state index contributed by atoms with van der Waals surface area (Å²) in [6.45, 7) is 3.95. The van der Waals surface area contributed by atoms with E-state index in [-0.39, 0.29) is 5.91 Å². The van der Waals surface area contributed by atoms with Crippen molar-refractivity contribution in [1.29, 1.82) is 0 Å². The summed E-state index contributed by atoms with van der Waals surface area (Å²) in [4.78, 5) is 16.5. The van der Waals surface area contributed by atoms with Gasteiger partial charge >= 0.3 is 0 Å². The van der Waals surface area contributed by atoms with Crippen LogP contribution in [0.15, 0.2) is 102 Å². The van der Waals surface area contributed by atoms with E-state index < -0.39 is 0 Å². The minimum atomic E-state index is -0.0763. The molecule has 0 radical (unpaired) electrons. The molecule has 0 spiro atoms. The Morgan fingerprint density at radius 3 is 2.41 bits per heavy atom. The van der Waals surface area contributed by atoms with Crippen molar-refractivity contribution >= 4 is 29.0 Å². The number of fused-ring (bicyclic) bond motifs is 1. The van der Waals surface area contributed by atoms with Gasteiger partial charge in [0.1, 0.15) is 0 Å². The van der Waals surface area contributed by atoms with E-state index >= 15 is 0 Å². The Labute approximate surface area is 205 Å². The summed E-state index contributed by atoms with van der Waals surface area (Å²) in [6.07, 6.45) is 1.10. The first kappa shape index (κ1) is 22.3. The summed E-state index contributed by atoms with van der Waals surface area (Å²) < 4.78 is 0. The first-order valence-corrected chi connectivity index (χ1v) is 12.6. The van der Waals surface area contributed by atoms with E-state index in [2.05, 4.69) is 83.0 Å². The molecule has 0 fully saturated rings. The van der Waals surface area contributed by atoms with Crippen LogP contribution in [-0.4, -0.2) is 12.5 Å². The largest absolute Gasteiger partial charge is 0.367 e. The molecule has 5 rings (SSSR count). The maximum absolute atomic E-state index is 12.9. The van der Waals surface area contributed by atoms with Crippen LogP contribution in [0.4, 0.5) is 11.4 Å². The van der Waals surface area contributed by atoms with Crippen molar-refractivity contribution in [2.24, 2.45) is 0 Å². The maximum atomic E-state index is 12.9. The zero-order chi connectivity index (χ0) is 23.3. The minimum absolute atomic E-state index is 0.0763. The molecule has 0 unspecified atom stereocenters. The van der Waals surface area contributed by atoms with Crippen LogP contribution in [0.25, 0.3) is 0 Å². The normalized spacial score (nSPS) is 12.4. The van der Waals surface area contributed by atoms with Crippen molar-refractivity contribution in [2.45, 2.75) is 30.5 Å². The number of nitrogens with one attached hydrogen (secondary N) is 1. The average Bonchev–Trinajstić information content (AvgIpc) is 3.28. The SMILES string of the molecule is Cc1cc(CSc2ccccc2)ccc1NC(=O)c1ccc(CN2CCc3ccccc32)cc1. The molecule has 1 amide bonds. The van der Waals surface area contributed by atoms with Crippen LogP contribution < -0.4 is 10.2 Å². The Morgan fingerprint density at radius 1 is 0.882 bits per heavy atom. The Bertz CT molecular complexity index is 1280. The molecule has 4 heteroatoms. The zero-order valence-corrected chi connectivity index (χ0v) is 20.1. The fourth-order valence-electron chi connectivity index (χ4n) is 4.39. The average molecular weight is 465 g/mol. The number of hydrogen-bond donors (Lipinski definition) is 1. The molecule has 0 aromatic heterocycles. The molecule has 1 aliphatic rings. The van der Waals surface area contributed by atoms with Crippen molar-refractivity contribution < 1.29 is 4.79 Å². The van der Waals surface area contributed by atoms with Crippen molar-refractivity contribution in [3.05, 3.63) is 125 Å². The molecular formula is C30H28N2OS. The smallest absolute Gasteiger partial charge is 0.255 e. The van der Waals surface area contributed by atoms with Gasteiger partial charge < -0.3 is 10.2 Å². The fourth-order valence-corrected chi connectivity index (χ4v) is 5.25. The fraction of sp³-hybridized carbons (Fsp3) is 0.167. The number of anilines is 2. The summed E-state index contributed by atoms with van der Waals surface area (Å²) in [5.74, 6) is 0.828. The van der Waals surface area contributed by atoms with Gasteiger partial charge in [-0.3, -0.25) is 4.79 Å². The van der Waals surface area contributed by atoms with Crippen LogP contribution in [-0.2, 0) is 18.7 Å². The number of carbonyl (C=O) groups excluding carboxylic acids is 1. The van der Waals surface area contributed by atoms with Gasteiger partial charge in [0, 0.05) is 40.7 Å². The number of thioether (sulfide) groups is 1. The Kier molecular flexibility index (Phi) is 6.68. The molecule has 1 heterocycles. The molecule has 1 aliphatic heterocycles. The predicted molar refractivity (Wildman–Crippen MR) is 143 cm³/mol. The van der Waals surface area contributed by atoms with Gasteiger partial charge in [-0.25, -0.2) is 0 Å². The maximum Gasteiger partial charge on any atom is 0.255 e. The number of hydrogen-bond acceptors (Lipinski definition) is 3. The van der Waals surface area contributed by atoms with Gasteiger partial charge in [-0.05, 0) is 72.0 Å². The summed E-state index contributed by atoms with van der Waals surface area (Å²) >= 11 is 1.82. The summed E-state index contributed by atoms with van der Waals surface area (Å²) in [6, 6.07) is 33.2. The second kappa shape index (κ2) is 10.2. The third-order valence-electron chi connectivity index (χ3n) is 6.26. The number of amides is 1. The van der Waals surface area contributed by atoms with Gasteiger partial charge in [-0.15, -0.1) is 11.8 Å². The van der Waals surface area contributed by atoms with E-state index in [0.29, 0.717) is 5.56 Å². The number of benzene rings is 4. The third kappa shape index (κ3) is 5.18. The van der Waals surface area contributed by atoms with Crippen LogP contribution in [0, 0.1) is 6.92 Å². The summed E-state index contributed by atoms with van der Waals surface area (Å²) in [5, 5.41) is 3.08.